The van der Waals surface area contributed by atoms with Crippen molar-refractivity contribution in [2.45, 2.75) is 31.7 Å². The normalized spacial score (nSPS) is 22.9. The summed E-state index contributed by atoms with van der Waals surface area (Å²) in [7, 11) is 3.54. The van der Waals surface area contributed by atoms with Crippen molar-refractivity contribution in [2.24, 2.45) is 5.92 Å². The van der Waals surface area contributed by atoms with E-state index in [1.807, 2.05) is 41.1 Å². The van der Waals surface area contributed by atoms with Crippen LogP contribution in [0.4, 0.5) is 0 Å². The minimum absolute atomic E-state index is 0.162. The van der Waals surface area contributed by atoms with E-state index in [9.17, 15) is 9.59 Å². The Balaban J connectivity index is 1.60. The van der Waals surface area contributed by atoms with Crippen molar-refractivity contribution in [1.29, 1.82) is 0 Å². The molecule has 0 spiro atoms. The van der Waals surface area contributed by atoms with Crippen LogP contribution < -0.4 is 10.1 Å². The van der Waals surface area contributed by atoms with Gasteiger partial charge in [-0.25, -0.2) is 0 Å². The number of fused-ring (bicyclic) bond motifs is 1. The van der Waals surface area contributed by atoms with Crippen molar-refractivity contribution in [2.75, 3.05) is 40.3 Å². The van der Waals surface area contributed by atoms with Crippen LogP contribution in [0, 0.1) is 5.92 Å². The number of hydrogen-bond acceptors (Lipinski definition) is 4. The number of amides is 2. The maximum absolute atomic E-state index is 12.8. The zero-order chi connectivity index (χ0) is 18.5. The number of nitrogens with zero attached hydrogens (tertiary/aromatic N) is 2. The molecule has 3 rings (SSSR count). The van der Waals surface area contributed by atoms with E-state index in [1.54, 1.807) is 7.11 Å². The van der Waals surface area contributed by atoms with Crippen molar-refractivity contribution in [3.8, 4) is 5.75 Å². The number of likely N-dealkylation sites (tertiary alicyclic amines) is 2. The summed E-state index contributed by atoms with van der Waals surface area (Å²) in [5, 5.41) is 3.13. The summed E-state index contributed by atoms with van der Waals surface area (Å²) in [5.41, 5.74) is 0.978. The molecule has 1 aromatic carbocycles. The fourth-order valence-electron chi connectivity index (χ4n) is 4.17. The molecule has 2 fully saturated rings. The summed E-state index contributed by atoms with van der Waals surface area (Å²) in [4.78, 5) is 29.0. The Kier molecular flexibility index (Phi) is 6.14. The van der Waals surface area contributed by atoms with Gasteiger partial charge in [-0.3, -0.25) is 9.59 Å². The number of hydrogen-bond donors (Lipinski definition) is 1. The number of piperidine rings is 2. The molecule has 6 nitrogen and oxygen atoms in total. The Labute approximate surface area is 155 Å². The lowest BCUT2D eigenvalue weighted by Crippen LogP contribution is -2.57. The zero-order valence-corrected chi connectivity index (χ0v) is 15.7. The van der Waals surface area contributed by atoms with Gasteiger partial charge in [0, 0.05) is 38.6 Å². The van der Waals surface area contributed by atoms with Crippen LogP contribution in [0.2, 0.25) is 0 Å². The zero-order valence-electron chi connectivity index (χ0n) is 15.7. The molecule has 2 aliphatic heterocycles. The molecular formula is C20H29N3O3. The van der Waals surface area contributed by atoms with Gasteiger partial charge in [-0.1, -0.05) is 12.1 Å². The summed E-state index contributed by atoms with van der Waals surface area (Å²) in [6.45, 7) is 3.06. The molecule has 0 aliphatic carbocycles. The lowest BCUT2D eigenvalue weighted by atomic mass is 9.83. The van der Waals surface area contributed by atoms with E-state index in [0.717, 1.165) is 50.3 Å². The molecule has 0 unspecified atom stereocenters. The maximum atomic E-state index is 12.8. The van der Waals surface area contributed by atoms with Crippen molar-refractivity contribution in [1.82, 2.24) is 15.1 Å². The van der Waals surface area contributed by atoms with Crippen LogP contribution in [0.5, 0.6) is 5.75 Å². The molecule has 0 bridgehead atoms. The van der Waals surface area contributed by atoms with Crippen molar-refractivity contribution >= 4 is 11.8 Å². The average Bonchev–Trinajstić information content (AvgIpc) is 2.67. The molecule has 26 heavy (non-hydrogen) atoms. The molecule has 0 radical (unpaired) electrons. The first-order valence-electron chi connectivity index (χ1n) is 9.47. The number of nitrogens with one attached hydrogen (secondary N) is 1. The Morgan fingerprint density at radius 3 is 2.96 bits per heavy atom. The number of rotatable bonds is 6. The Morgan fingerprint density at radius 2 is 2.19 bits per heavy atom. The van der Waals surface area contributed by atoms with Gasteiger partial charge in [-0.15, -0.1) is 0 Å². The number of ether oxygens (including phenoxy) is 1. The van der Waals surface area contributed by atoms with Crippen LogP contribution >= 0.6 is 0 Å². The molecule has 2 saturated heterocycles. The summed E-state index contributed by atoms with van der Waals surface area (Å²) >= 11 is 0. The molecule has 1 N–H and O–H groups in total. The topological polar surface area (TPSA) is 61.9 Å². The van der Waals surface area contributed by atoms with Gasteiger partial charge in [-0.2, -0.15) is 0 Å². The van der Waals surface area contributed by atoms with Crippen molar-refractivity contribution in [3.63, 3.8) is 0 Å². The number of carbonyl (C=O) groups excluding carboxylic acids is 2. The first kappa shape index (κ1) is 18.7. The van der Waals surface area contributed by atoms with Gasteiger partial charge in [0.1, 0.15) is 5.75 Å². The van der Waals surface area contributed by atoms with Crippen molar-refractivity contribution in [3.05, 3.63) is 29.8 Å². The van der Waals surface area contributed by atoms with E-state index in [0.29, 0.717) is 18.8 Å². The molecule has 0 aromatic heterocycles. The first-order valence-corrected chi connectivity index (χ1v) is 9.47. The highest BCUT2D eigenvalue weighted by atomic mass is 16.5. The number of carbonyl (C=O) groups is 2. The standard InChI is InChI=1S/C20H29N3O3/c1-21-9-11-23-18-8-10-22(14-16(18)6-7-19(23)24)20(25)13-15-4-3-5-17(12-15)26-2/h3-5,12,16,18,21H,6-11,13-14H2,1-2H3/t16-,18+/m0/s1. The van der Waals surface area contributed by atoms with E-state index < -0.39 is 0 Å². The van der Waals surface area contributed by atoms with Gasteiger partial charge in [-0.05, 0) is 43.5 Å². The minimum Gasteiger partial charge on any atom is -0.497 e. The Bertz CT molecular complexity index is 649. The summed E-state index contributed by atoms with van der Waals surface area (Å²) in [5.74, 6) is 1.60. The number of benzene rings is 1. The Hall–Kier alpha value is -2.08. The van der Waals surface area contributed by atoms with Gasteiger partial charge < -0.3 is 19.9 Å². The van der Waals surface area contributed by atoms with E-state index in [-0.39, 0.29) is 17.9 Å². The molecule has 2 aliphatic rings. The molecule has 2 amide bonds. The lowest BCUT2D eigenvalue weighted by Gasteiger charge is -2.47. The van der Waals surface area contributed by atoms with Gasteiger partial charge in [0.25, 0.3) is 0 Å². The molecule has 6 heteroatoms. The smallest absolute Gasteiger partial charge is 0.227 e. The molecule has 142 valence electrons. The number of likely N-dealkylation sites (N-methyl/N-ethyl adjacent to an activating group) is 1. The average molecular weight is 359 g/mol. The van der Waals surface area contributed by atoms with Gasteiger partial charge in [0.2, 0.25) is 11.8 Å². The van der Waals surface area contributed by atoms with E-state index in [4.69, 9.17) is 4.74 Å². The SMILES string of the molecule is CNCCN1C(=O)CC[C@H]2CN(C(=O)Cc3cccc(OC)c3)CC[C@H]21. The maximum Gasteiger partial charge on any atom is 0.227 e. The fourth-order valence-corrected chi connectivity index (χ4v) is 4.17. The largest absolute Gasteiger partial charge is 0.497 e. The molecule has 2 atom stereocenters. The lowest BCUT2D eigenvalue weighted by molar-refractivity contribution is -0.143. The van der Waals surface area contributed by atoms with Crippen LogP contribution in [0.25, 0.3) is 0 Å². The van der Waals surface area contributed by atoms with Gasteiger partial charge >= 0.3 is 0 Å². The Morgan fingerprint density at radius 1 is 1.35 bits per heavy atom. The fraction of sp³-hybridized carbons (Fsp3) is 0.600. The molecular weight excluding hydrogens is 330 g/mol. The van der Waals surface area contributed by atoms with E-state index in [2.05, 4.69) is 5.32 Å². The van der Waals surface area contributed by atoms with Crippen LogP contribution in [0.1, 0.15) is 24.8 Å². The van der Waals surface area contributed by atoms with Gasteiger partial charge in [0.05, 0.1) is 13.5 Å². The third-order valence-corrected chi connectivity index (χ3v) is 5.59. The third-order valence-electron chi connectivity index (χ3n) is 5.59. The highest BCUT2D eigenvalue weighted by Crippen LogP contribution is 2.31. The van der Waals surface area contributed by atoms with E-state index >= 15 is 0 Å². The molecule has 1 aromatic rings. The van der Waals surface area contributed by atoms with Crippen LogP contribution in [-0.4, -0.2) is 68.0 Å². The second-order valence-corrected chi connectivity index (χ2v) is 7.21. The number of methoxy groups -OCH3 is 1. The predicted octanol–water partition coefficient (Wildman–Crippen LogP) is 1.30. The van der Waals surface area contributed by atoms with Crippen molar-refractivity contribution < 1.29 is 14.3 Å². The summed E-state index contributed by atoms with van der Waals surface area (Å²) in [6.07, 6.45) is 2.77. The highest BCUT2D eigenvalue weighted by molar-refractivity contribution is 5.80. The molecule has 0 saturated carbocycles. The first-order chi connectivity index (χ1) is 12.6. The predicted molar refractivity (Wildman–Crippen MR) is 100 cm³/mol. The second-order valence-electron chi connectivity index (χ2n) is 7.21. The summed E-state index contributed by atoms with van der Waals surface area (Å²) < 4.78 is 5.24. The van der Waals surface area contributed by atoms with Crippen LogP contribution in [0.3, 0.4) is 0 Å². The van der Waals surface area contributed by atoms with Crippen LogP contribution in [-0.2, 0) is 16.0 Å². The summed E-state index contributed by atoms with van der Waals surface area (Å²) in [6, 6.07) is 7.97. The monoisotopic (exact) mass is 359 g/mol. The third kappa shape index (κ3) is 4.18. The van der Waals surface area contributed by atoms with Crippen LogP contribution in [0.15, 0.2) is 24.3 Å². The quantitative estimate of drug-likeness (QED) is 0.832. The van der Waals surface area contributed by atoms with Gasteiger partial charge in [0.15, 0.2) is 0 Å². The molecule has 2 heterocycles. The van der Waals surface area contributed by atoms with E-state index in [1.165, 1.54) is 0 Å². The minimum atomic E-state index is 0.162. The second kappa shape index (κ2) is 8.54. The highest BCUT2D eigenvalue weighted by Gasteiger charge is 2.39.